The van der Waals surface area contributed by atoms with Crippen molar-refractivity contribution in [3.63, 3.8) is 0 Å². The first-order valence-corrected chi connectivity index (χ1v) is 9.94. The van der Waals surface area contributed by atoms with E-state index in [1.165, 1.54) is 0 Å². The summed E-state index contributed by atoms with van der Waals surface area (Å²) in [5.74, 6) is -1.30. The molecule has 0 fully saturated rings. The number of unbranched alkanes of at least 4 members (excludes halogenated alkanes) is 2. The molecule has 28 heavy (non-hydrogen) atoms. The summed E-state index contributed by atoms with van der Waals surface area (Å²) in [6.45, 7) is 2.87. The summed E-state index contributed by atoms with van der Waals surface area (Å²) in [6.07, 6.45) is 3.97. The number of nitrogens with one attached hydrogen (secondary N) is 2. The van der Waals surface area contributed by atoms with Crippen molar-refractivity contribution < 1.29 is 14.7 Å². The van der Waals surface area contributed by atoms with Gasteiger partial charge in [0.15, 0.2) is 0 Å². The van der Waals surface area contributed by atoms with Crippen LogP contribution >= 0.6 is 0 Å². The Labute approximate surface area is 167 Å². The SMILES string of the molecule is CCCCCNC(Cc1ccccc1)C(=O)NC(Cc1ccccc1)C(=O)O. The monoisotopic (exact) mass is 382 g/mol. The molecule has 0 saturated carbocycles. The first-order chi connectivity index (χ1) is 13.6. The molecule has 2 atom stereocenters. The number of carboxylic acids is 1. The van der Waals surface area contributed by atoms with Crippen LogP contribution in [0, 0.1) is 0 Å². The number of carbonyl (C=O) groups is 2. The molecule has 150 valence electrons. The van der Waals surface area contributed by atoms with Crippen LogP contribution in [0.5, 0.6) is 0 Å². The molecule has 2 rings (SSSR count). The zero-order chi connectivity index (χ0) is 20.2. The Morgan fingerprint density at radius 3 is 1.89 bits per heavy atom. The van der Waals surface area contributed by atoms with Gasteiger partial charge in [0.05, 0.1) is 6.04 Å². The molecule has 0 saturated heterocycles. The maximum absolute atomic E-state index is 12.9. The quantitative estimate of drug-likeness (QED) is 0.493. The lowest BCUT2D eigenvalue weighted by atomic mass is 10.0. The van der Waals surface area contributed by atoms with Crippen LogP contribution in [0.4, 0.5) is 0 Å². The van der Waals surface area contributed by atoms with Gasteiger partial charge in [0.25, 0.3) is 0 Å². The van der Waals surface area contributed by atoms with Crippen LogP contribution in [0.2, 0.25) is 0 Å². The number of hydrogen-bond donors (Lipinski definition) is 3. The van der Waals surface area contributed by atoms with Gasteiger partial charge in [-0.3, -0.25) is 4.79 Å². The Kier molecular flexibility index (Phi) is 9.22. The molecule has 3 N–H and O–H groups in total. The maximum Gasteiger partial charge on any atom is 0.326 e. The molecule has 2 unspecified atom stereocenters. The lowest BCUT2D eigenvalue weighted by Crippen LogP contribution is -2.52. The van der Waals surface area contributed by atoms with Crippen molar-refractivity contribution in [3.05, 3.63) is 71.8 Å². The first kappa shape index (κ1) is 21.6. The number of carbonyl (C=O) groups excluding carboxylic acids is 1. The summed E-state index contributed by atoms with van der Waals surface area (Å²) >= 11 is 0. The molecule has 0 aliphatic carbocycles. The van der Waals surface area contributed by atoms with Gasteiger partial charge in [0.2, 0.25) is 5.91 Å². The second-order valence-corrected chi connectivity index (χ2v) is 6.99. The molecule has 0 heterocycles. The van der Waals surface area contributed by atoms with Gasteiger partial charge in [-0.05, 0) is 30.5 Å². The number of benzene rings is 2. The van der Waals surface area contributed by atoms with Gasteiger partial charge in [-0.25, -0.2) is 4.79 Å². The van der Waals surface area contributed by atoms with Gasteiger partial charge >= 0.3 is 5.97 Å². The van der Waals surface area contributed by atoms with Crippen molar-refractivity contribution >= 4 is 11.9 Å². The molecule has 5 heteroatoms. The number of carboxylic acid groups (broad SMARTS) is 1. The molecule has 5 nitrogen and oxygen atoms in total. The highest BCUT2D eigenvalue weighted by molar-refractivity contribution is 5.87. The Morgan fingerprint density at radius 1 is 0.857 bits per heavy atom. The van der Waals surface area contributed by atoms with Crippen LogP contribution in [0.3, 0.4) is 0 Å². The van der Waals surface area contributed by atoms with Crippen molar-refractivity contribution in [2.75, 3.05) is 6.54 Å². The van der Waals surface area contributed by atoms with Crippen molar-refractivity contribution in [3.8, 4) is 0 Å². The standard InChI is InChI=1S/C23H30N2O3/c1-2-3-10-15-24-20(16-18-11-6-4-7-12-18)22(26)25-21(23(27)28)17-19-13-8-5-9-14-19/h4-9,11-14,20-21,24H,2-3,10,15-17H2,1H3,(H,25,26)(H,27,28). The molecule has 0 aromatic heterocycles. The topological polar surface area (TPSA) is 78.4 Å². The van der Waals surface area contributed by atoms with Crippen LogP contribution < -0.4 is 10.6 Å². The van der Waals surface area contributed by atoms with Crippen molar-refractivity contribution in [1.82, 2.24) is 10.6 Å². The third kappa shape index (κ3) is 7.53. The number of hydrogen-bond acceptors (Lipinski definition) is 3. The van der Waals surface area contributed by atoms with Crippen LogP contribution in [-0.2, 0) is 22.4 Å². The normalized spacial score (nSPS) is 12.9. The van der Waals surface area contributed by atoms with E-state index < -0.39 is 18.1 Å². The first-order valence-electron chi connectivity index (χ1n) is 9.94. The molecule has 0 spiro atoms. The van der Waals surface area contributed by atoms with Gasteiger partial charge < -0.3 is 15.7 Å². The lowest BCUT2D eigenvalue weighted by molar-refractivity contribution is -0.142. The predicted molar refractivity (Wildman–Crippen MR) is 111 cm³/mol. The second-order valence-electron chi connectivity index (χ2n) is 6.99. The van der Waals surface area contributed by atoms with Crippen LogP contribution in [0.1, 0.15) is 37.3 Å². The lowest BCUT2D eigenvalue weighted by Gasteiger charge is -2.22. The zero-order valence-electron chi connectivity index (χ0n) is 16.4. The highest BCUT2D eigenvalue weighted by atomic mass is 16.4. The summed E-state index contributed by atoms with van der Waals surface area (Å²) in [4.78, 5) is 24.6. The third-order valence-corrected chi connectivity index (χ3v) is 4.67. The van der Waals surface area contributed by atoms with E-state index in [2.05, 4.69) is 17.6 Å². The fraction of sp³-hybridized carbons (Fsp3) is 0.391. The molecule has 2 aromatic rings. The second kappa shape index (κ2) is 11.9. The minimum absolute atomic E-state index is 0.260. The van der Waals surface area contributed by atoms with E-state index in [0.717, 1.165) is 36.9 Å². The van der Waals surface area contributed by atoms with Crippen LogP contribution in [0.25, 0.3) is 0 Å². The van der Waals surface area contributed by atoms with Crippen molar-refractivity contribution in [2.24, 2.45) is 0 Å². The van der Waals surface area contributed by atoms with E-state index in [-0.39, 0.29) is 12.3 Å². The summed E-state index contributed by atoms with van der Waals surface area (Å²) in [6, 6.07) is 17.7. The van der Waals surface area contributed by atoms with E-state index in [1.807, 2.05) is 60.7 Å². The number of aliphatic carboxylic acids is 1. The van der Waals surface area contributed by atoms with Crippen molar-refractivity contribution in [2.45, 2.75) is 51.1 Å². The van der Waals surface area contributed by atoms with Crippen molar-refractivity contribution in [1.29, 1.82) is 0 Å². The number of amides is 1. The fourth-order valence-electron chi connectivity index (χ4n) is 3.08. The molecule has 2 aromatic carbocycles. The Balaban J connectivity index is 2.04. The molecule has 0 aliphatic heterocycles. The number of rotatable bonds is 12. The van der Waals surface area contributed by atoms with Gasteiger partial charge in [-0.2, -0.15) is 0 Å². The molecule has 0 bridgehead atoms. The summed E-state index contributed by atoms with van der Waals surface area (Å²) in [7, 11) is 0. The van der Waals surface area contributed by atoms with E-state index >= 15 is 0 Å². The molecule has 1 amide bonds. The summed E-state index contributed by atoms with van der Waals surface area (Å²) in [5.41, 5.74) is 1.92. The van der Waals surface area contributed by atoms with Gasteiger partial charge in [-0.1, -0.05) is 80.4 Å². The van der Waals surface area contributed by atoms with Gasteiger partial charge in [-0.15, -0.1) is 0 Å². The molecule has 0 radical (unpaired) electrons. The predicted octanol–water partition coefficient (Wildman–Crippen LogP) is 3.19. The minimum Gasteiger partial charge on any atom is -0.480 e. The summed E-state index contributed by atoms with van der Waals surface area (Å²) < 4.78 is 0. The summed E-state index contributed by atoms with van der Waals surface area (Å²) in [5, 5.41) is 15.6. The van der Waals surface area contributed by atoms with Crippen LogP contribution in [-0.4, -0.2) is 35.6 Å². The van der Waals surface area contributed by atoms with Crippen LogP contribution in [0.15, 0.2) is 60.7 Å². The fourth-order valence-corrected chi connectivity index (χ4v) is 3.08. The largest absolute Gasteiger partial charge is 0.480 e. The molecule has 0 aliphatic rings. The van der Waals surface area contributed by atoms with E-state index in [4.69, 9.17) is 0 Å². The smallest absolute Gasteiger partial charge is 0.326 e. The van der Waals surface area contributed by atoms with E-state index in [0.29, 0.717) is 6.42 Å². The Morgan fingerprint density at radius 2 is 1.39 bits per heavy atom. The average molecular weight is 383 g/mol. The van der Waals surface area contributed by atoms with E-state index in [9.17, 15) is 14.7 Å². The molecular weight excluding hydrogens is 352 g/mol. The Bertz CT molecular complexity index is 719. The van der Waals surface area contributed by atoms with E-state index in [1.54, 1.807) is 0 Å². The highest BCUT2D eigenvalue weighted by Crippen LogP contribution is 2.07. The zero-order valence-corrected chi connectivity index (χ0v) is 16.4. The third-order valence-electron chi connectivity index (χ3n) is 4.67. The minimum atomic E-state index is -1.03. The Hall–Kier alpha value is -2.66. The average Bonchev–Trinajstić information content (AvgIpc) is 2.71. The van der Waals surface area contributed by atoms with Gasteiger partial charge in [0.1, 0.15) is 6.04 Å². The maximum atomic E-state index is 12.9. The van der Waals surface area contributed by atoms with Gasteiger partial charge in [0, 0.05) is 6.42 Å². The highest BCUT2D eigenvalue weighted by Gasteiger charge is 2.25. The molecular formula is C23H30N2O3.